The van der Waals surface area contributed by atoms with Crippen molar-refractivity contribution in [2.24, 2.45) is 0 Å². The van der Waals surface area contributed by atoms with Crippen molar-refractivity contribution in [1.82, 2.24) is 9.78 Å². The second kappa shape index (κ2) is 8.67. The van der Waals surface area contributed by atoms with E-state index in [1.54, 1.807) is 23.7 Å². The molecule has 1 N–H and O–H groups in total. The van der Waals surface area contributed by atoms with Gasteiger partial charge in [0.2, 0.25) is 0 Å². The molecule has 2 rings (SSSR count). The average molecular weight is 346 g/mol. The van der Waals surface area contributed by atoms with E-state index in [2.05, 4.69) is 5.10 Å². The van der Waals surface area contributed by atoms with Crippen LogP contribution in [-0.2, 0) is 11.3 Å². The Bertz CT molecular complexity index is 707. The standard InChI is InChI=1S/C19H26N2O4/c1-5-12-25-15-10-8-14(9-11-15)18(22)16-13(4)21(6-2)20-17(16)19(23)24-7-3/h8-11,18,22H,5-7,12H2,1-4H3. The highest BCUT2D eigenvalue weighted by molar-refractivity contribution is 5.89. The number of carbonyl (C=O) groups excluding carboxylic acids is 1. The lowest BCUT2D eigenvalue weighted by molar-refractivity contribution is 0.0513. The van der Waals surface area contributed by atoms with Crippen LogP contribution in [0.5, 0.6) is 5.75 Å². The Morgan fingerprint density at radius 2 is 1.92 bits per heavy atom. The van der Waals surface area contributed by atoms with Crippen LogP contribution in [0.1, 0.15) is 60.6 Å². The number of hydrogen-bond acceptors (Lipinski definition) is 5. The minimum Gasteiger partial charge on any atom is -0.494 e. The number of hydrogen-bond donors (Lipinski definition) is 1. The number of benzene rings is 1. The summed E-state index contributed by atoms with van der Waals surface area (Å²) >= 11 is 0. The summed E-state index contributed by atoms with van der Waals surface area (Å²) in [7, 11) is 0. The van der Waals surface area contributed by atoms with Crippen LogP contribution in [0, 0.1) is 6.92 Å². The van der Waals surface area contributed by atoms with Gasteiger partial charge in [-0.1, -0.05) is 19.1 Å². The summed E-state index contributed by atoms with van der Waals surface area (Å²) in [6.45, 7) is 9.08. The summed E-state index contributed by atoms with van der Waals surface area (Å²) < 4.78 is 12.3. The van der Waals surface area contributed by atoms with E-state index in [1.165, 1.54) is 0 Å². The third-order valence-corrected chi connectivity index (χ3v) is 3.96. The summed E-state index contributed by atoms with van der Waals surface area (Å²) in [6.07, 6.45) is -0.0252. The van der Waals surface area contributed by atoms with E-state index in [-0.39, 0.29) is 12.3 Å². The maximum atomic E-state index is 12.2. The highest BCUT2D eigenvalue weighted by Crippen LogP contribution is 2.29. The van der Waals surface area contributed by atoms with Crippen molar-refractivity contribution in [3.63, 3.8) is 0 Å². The topological polar surface area (TPSA) is 73.6 Å². The monoisotopic (exact) mass is 346 g/mol. The van der Waals surface area contributed by atoms with Gasteiger partial charge in [-0.3, -0.25) is 4.68 Å². The van der Waals surface area contributed by atoms with Crippen molar-refractivity contribution in [3.8, 4) is 5.75 Å². The van der Waals surface area contributed by atoms with Crippen molar-refractivity contribution in [2.45, 2.75) is 46.8 Å². The molecule has 1 heterocycles. The normalized spacial score (nSPS) is 12.0. The Hall–Kier alpha value is -2.34. The van der Waals surface area contributed by atoms with Crippen LogP contribution in [0.2, 0.25) is 0 Å². The van der Waals surface area contributed by atoms with Gasteiger partial charge in [-0.15, -0.1) is 0 Å². The van der Waals surface area contributed by atoms with Crippen molar-refractivity contribution in [1.29, 1.82) is 0 Å². The third-order valence-electron chi connectivity index (χ3n) is 3.96. The zero-order valence-electron chi connectivity index (χ0n) is 15.3. The maximum absolute atomic E-state index is 12.2. The Labute approximate surface area is 148 Å². The molecule has 136 valence electrons. The van der Waals surface area contributed by atoms with Gasteiger partial charge in [-0.05, 0) is 44.9 Å². The maximum Gasteiger partial charge on any atom is 0.359 e. The van der Waals surface area contributed by atoms with Gasteiger partial charge in [0.25, 0.3) is 0 Å². The molecule has 0 saturated heterocycles. The lowest BCUT2D eigenvalue weighted by atomic mass is 9.99. The molecular weight excluding hydrogens is 320 g/mol. The van der Waals surface area contributed by atoms with Gasteiger partial charge in [0.05, 0.1) is 13.2 Å². The second-order valence-electron chi connectivity index (χ2n) is 5.70. The number of aliphatic hydroxyl groups is 1. The first-order chi connectivity index (χ1) is 12.0. The van der Waals surface area contributed by atoms with E-state index in [1.807, 2.05) is 32.9 Å². The Kier molecular flexibility index (Phi) is 6.58. The molecule has 6 nitrogen and oxygen atoms in total. The van der Waals surface area contributed by atoms with Gasteiger partial charge in [-0.25, -0.2) is 4.79 Å². The molecule has 0 aliphatic carbocycles. The molecule has 0 bridgehead atoms. The summed E-state index contributed by atoms with van der Waals surface area (Å²) in [5, 5.41) is 15.2. The molecule has 0 radical (unpaired) electrons. The fourth-order valence-electron chi connectivity index (χ4n) is 2.68. The third kappa shape index (κ3) is 4.20. The van der Waals surface area contributed by atoms with E-state index in [0.717, 1.165) is 17.9 Å². The molecule has 1 aromatic carbocycles. The molecule has 0 saturated carbocycles. The molecule has 0 spiro atoms. The number of nitrogens with zero attached hydrogens (tertiary/aromatic N) is 2. The van der Waals surface area contributed by atoms with Crippen molar-refractivity contribution < 1.29 is 19.4 Å². The molecule has 6 heteroatoms. The smallest absolute Gasteiger partial charge is 0.359 e. The highest BCUT2D eigenvalue weighted by atomic mass is 16.5. The Morgan fingerprint density at radius 3 is 2.48 bits per heavy atom. The highest BCUT2D eigenvalue weighted by Gasteiger charge is 2.27. The molecule has 0 aliphatic heterocycles. The van der Waals surface area contributed by atoms with E-state index in [0.29, 0.717) is 24.3 Å². The number of aliphatic hydroxyl groups excluding tert-OH is 1. The number of carbonyl (C=O) groups is 1. The summed E-state index contributed by atoms with van der Waals surface area (Å²) in [4.78, 5) is 12.2. The van der Waals surface area contributed by atoms with Crippen molar-refractivity contribution >= 4 is 5.97 Å². The summed E-state index contributed by atoms with van der Waals surface area (Å²) in [5.74, 6) is 0.235. The number of aryl methyl sites for hydroxylation is 1. The quantitative estimate of drug-likeness (QED) is 0.743. The number of ether oxygens (including phenoxy) is 2. The zero-order valence-corrected chi connectivity index (χ0v) is 15.3. The molecule has 0 aliphatic rings. The molecular formula is C19H26N2O4. The number of esters is 1. The minimum atomic E-state index is -0.958. The second-order valence-corrected chi connectivity index (χ2v) is 5.70. The molecule has 0 amide bonds. The predicted molar refractivity (Wildman–Crippen MR) is 94.9 cm³/mol. The van der Waals surface area contributed by atoms with Crippen LogP contribution >= 0.6 is 0 Å². The first kappa shape index (κ1) is 19.0. The fourth-order valence-corrected chi connectivity index (χ4v) is 2.68. The van der Waals surface area contributed by atoms with E-state index in [4.69, 9.17) is 9.47 Å². The average Bonchev–Trinajstić information content (AvgIpc) is 2.96. The van der Waals surface area contributed by atoms with E-state index >= 15 is 0 Å². The van der Waals surface area contributed by atoms with Crippen molar-refractivity contribution in [3.05, 3.63) is 46.8 Å². The molecule has 1 aromatic heterocycles. The van der Waals surface area contributed by atoms with Crippen LogP contribution in [0.15, 0.2) is 24.3 Å². The molecule has 1 unspecified atom stereocenters. The van der Waals surface area contributed by atoms with Gasteiger partial charge >= 0.3 is 5.97 Å². The summed E-state index contributed by atoms with van der Waals surface area (Å²) in [6, 6.07) is 7.23. The molecule has 25 heavy (non-hydrogen) atoms. The Balaban J connectivity index is 2.35. The van der Waals surface area contributed by atoms with E-state index in [9.17, 15) is 9.90 Å². The summed E-state index contributed by atoms with van der Waals surface area (Å²) in [5.41, 5.74) is 2.08. The Morgan fingerprint density at radius 1 is 1.24 bits per heavy atom. The van der Waals surface area contributed by atoms with Crippen LogP contribution < -0.4 is 4.74 Å². The first-order valence-corrected chi connectivity index (χ1v) is 8.68. The first-order valence-electron chi connectivity index (χ1n) is 8.68. The lowest BCUT2D eigenvalue weighted by Crippen LogP contribution is -2.11. The van der Waals surface area contributed by atoms with Crippen LogP contribution in [0.25, 0.3) is 0 Å². The molecule has 1 atom stereocenters. The molecule has 0 fully saturated rings. The van der Waals surface area contributed by atoms with E-state index < -0.39 is 12.1 Å². The van der Waals surface area contributed by atoms with Crippen molar-refractivity contribution in [2.75, 3.05) is 13.2 Å². The minimum absolute atomic E-state index is 0.167. The van der Waals surface area contributed by atoms with Gasteiger partial charge in [0.1, 0.15) is 11.9 Å². The van der Waals surface area contributed by atoms with Gasteiger partial charge < -0.3 is 14.6 Å². The fraction of sp³-hybridized carbons (Fsp3) is 0.474. The zero-order chi connectivity index (χ0) is 18.4. The lowest BCUT2D eigenvalue weighted by Gasteiger charge is -2.13. The van der Waals surface area contributed by atoms with Gasteiger partial charge in [-0.2, -0.15) is 5.10 Å². The SMILES string of the molecule is CCCOc1ccc(C(O)c2c(C(=O)OCC)nn(CC)c2C)cc1. The van der Waals surface area contributed by atoms with Gasteiger partial charge in [0, 0.05) is 17.8 Å². The molecule has 2 aromatic rings. The predicted octanol–water partition coefficient (Wildman–Crippen LogP) is 3.26. The number of rotatable bonds is 8. The number of aromatic nitrogens is 2. The van der Waals surface area contributed by atoms with Crippen LogP contribution in [0.4, 0.5) is 0 Å². The van der Waals surface area contributed by atoms with Crippen LogP contribution in [0.3, 0.4) is 0 Å². The largest absolute Gasteiger partial charge is 0.494 e. The van der Waals surface area contributed by atoms with Gasteiger partial charge in [0.15, 0.2) is 5.69 Å². The van der Waals surface area contributed by atoms with Crippen LogP contribution in [-0.4, -0.2) is 34.1 Å².